The first-order valence-electron chi connectivity index (χ1n) is 12.1. The fourth-order valence-corrected chi connectivity index (χ4v) is 5.89. The van der Waals surface area contributed by atoms with E-state index in [1.54, 1.807) is 19.2 Å². The molecule has 0 aliphatic carbocycles. The number of carboxylic acids is 1. The van der Waals surface area contributed by atoms with Gasteiger partial charge in [-0.3, -0.25) is 4.79 Å². The van der Waals surface area contributed by atoms with Crippen LogP contribution < -0.4 is 9.46 Å². The highest BCUT2D eigenvalue weighted by Gasteiger charge is 2.34. The fourth-order valence-electron chi connectivity index (χ4n) is 4.64. The summed E-state index contributed by atoms with van der Waals surface area (Å²) in [5, 5.41) is 9.84. The van der Waals surface area contributed by atoms with Crippen LogP contribution in [0.25, 0.3) is 11.1 Å². The molecule has 4 rings (SSSR count). The van der Waals surface area contributed by atoms with Gasteiger partial charge in [-0.2, -0.15) is 4.72 Å². The van der Waals surface area contributed by atoms with E-state index in [2.05, 4.69) is 21.8 Å². The summed E-state index contributed by atoms with van der Waals surface area (Å²) in [6.07, 6.45) is 2.20. The van der Waals surface area contributed by atoms with Gasteiger partial charge in [0, 0.05) is 6.54 Å². The molecule has 0 amide bonds. The third kappa shape index (κ3) is 6.51. The Labute approximate surface area is 212 Å². The number of aliphatic carboxylic acids is 1. The maximum atomic E-state index is 13.0. The molecular formula is C28H32N2O5S. The molecule has 8 heteroatoms. The predicted molar refractivity (Wildman–Crippen MR) is 139 cm³/mol. The largest absolute Gasteiger partial charge is 0.497 e. The molecule has 1 heterocycles. The van der Waals surface area contributed by atoms with E-state index in [1.807, 2.05) is 42.5 Å². The van der Waals surface area contributed by atoms with E-state index in [1.165, 1.54) is 17.7 Å². The minimum atomic E-state index is -3.99. The summed E-state index contributed by atoms with van der Waals surface area (Å²) >= 11 is 0. The first-order valence-corrected chi connectivity index (χ1v) is 13.6. The second kappa shape index (κ2) is 11.7. The number of nitrogens with zero attached hydrogens (tertiary/aromatic N) is 1. The number of ether oxygens (including phenoxy) is 1. The summed E-state index contributed by atoms with van der Waals surface area (Å²) in [6, 6.07) is 23.0. The molecule has 1 fully saturated rings. The van der Waals surface area contributed by atoms with Gasteiger partial charge in [0.2, 0.25) is 10.0 Å². The maximum absolute atomic E-state index is 13.0. The van der Waals surface area contributed by atoms with Crippen molar-refractivity contribution >= 4 is 16.0 Å². The Balaban J connectivity index is 1.36. The molecular weight excluding hydrogens is 476 g/mol. The van der Waals surface area contributed by atoms with Crippen LogP contribution in [0.1, 0.15) is 18.4 Å². The number of carbonyl (C=O) groups is 1. The van der Waals surface area contributed by atoms with Gasteiger partial charge in [0.15, 0.2) is 0 Å². The lowest BCUT2D eigenvalue weighted by Gasteiger charge is -2.34. The lowest BCUT2D eigenvalue weighted by atomic mass is 9.90. The topological polar surface area (TPSA) is 95.9 Å². The van der Waals surface area contributed by atoms with Gasteiger partial charge in [0.1, 0.15) is 11.8 Å². The van der Waals surface area contributed by atoms with Crippen LogP contribution in [-0.2, 0) is 21.2 Å². The highest BCUT2D eigenvalue weighted by atomic mass is 32.2. The molecule has 0 saturated carbocycles. The molecule has 1 saturated heterocycles. The van der Waals surface area contributed by atoms with Crippen LogP contribution in [0.3, 0.4) is 0 Å². The Morgan fingerprint density at radius 3 is 2.11 bits per heavy atom. The number of nitrogens with one attached hydrogen (secondary N) is 1. The number of benzene rings is 3. The molecule has 1 aliphatic rings. The number of hydrogen-bond acceptors (Lipinski definition) is 5. The van der Waals surface area contributed by atoms with Crippen LogP contribution in [0.2, 0.25) is 0 Å². The smallest absolute Gasteiger partial charge is 0.322 e. The molecule has 0 aromatic heterocycles. The number of methoxy groups -OCH3 is 1. The SMILES string of the molecule is COc1ccc(-c2ccc(S(=O)(=O)NC(C(=O)O)C3CCN(CCc4ccccc4)CC3)cc2)cc1. The normalized spacial score (nSPS) is 15.9. The first kappa shape index (κ1) is 25.9. The van der Waals surface area contributed by atoms with E-state index in [0.717, 1.165) is 42.9 Å². The minimum Gasteiger partial charge on any atom is -0.497 e. The molecule has 36 heavy (non-hydrogen) atoms. The fraction of sp³-hybridized carbons (Fsp3) is 0.321. The lowest BCUT2D eigenvalue weighted by molar-refractivity contribution is -0.140. The molecule has 3 aromatic carbocycles. The summed E-state index contributed by atoms with van der Waals surface area (Å²) in [4.78, 5) is 14.4. The minimum absolute atomic E-state index is 0.0475. The standard InChI is InChI=1S/C28H32N2O5S/c1-35-25-11-7-22(8-12-25)23-9-13-26(14-10-23)36(33,34)29-27(28(31)32)24-16-19-30(20-17-24)18-15-21-5-3-2-4-6-21/h2-14,24,27,29H,15-20H2,1H3,(H,31,32). The zero-order valence-electron chi connectivity index (χ0n) is 20.3. The van der Waals surface area contributed by atoms with E-state index < -0.39 is 22.0 Å². The second-order valence-electron chi connectivity index (χ2n) is 9.10. The molecule has 1 aliphatic heterocycles. The maximum Gasteiger partial charge on any atom is 0.322 e. The molecule has 0 bridgehead atoms. The van der Waals surface area contributed by atoms with E-state index in [0.29, 0.717) is 12.8 Å². The van der Waals surface area contributed by atoms with Gasteiger partial charge >= 0.3 is 5.97 Å². The van der Waals surface area contributed by atoms with Crippen molar-refractivity contribution in [1.29, 1.82) is 0 Å². The zero-order valence-corrected chi connectivity index (χ0v) is 21.2. The van der Waals surface area contributed by atoms with Crippen LogP contribution in [0, 0.1) is 5.92 Å². The average Bonchev–Trinajstić information content (AvgIpc) is 2.91. The summed E-state index contributed by atoms with van der Waals surface area (Å²) in [6.45, 7) is 2.40. The summed E-state index contributed by atoms with van der Waals surface area (Å²) in [7, 11) is -2.39. The Morgan fingerprint density at radius 2 is 1.56 bits per heavy atom. The van der Waals surface area contributed by atoms with Crippen molar-refractivity contribution in [3.8, 4) is 16.9 Å². The van der Waals surface area contributed by atoms with Gasteiger partial charge in [0.25, 0.3) is 0 Å². The van der Waals surface area contributed by atoms with E-state index >= 15 is 0 Å². The quantitative estimate of drug-likeness (QED) is 0.429. The van der Waals surface area contributed by atoms with Crippen LogP contribution in [-0.4, -0.2) is 57.2 Å². The van der Waals surface area contributed by atoms with Crippen molar-refractivity contribution in [3.63, 3.8) is 0 Å². The molecule has 7 nitrogen and oxygen atoms in total. The van der Waals surface area contributed by atoms with Gasteiger partial charge in [-0.05, 0) is 79.2 Å². The summed E-state index contributed by atoms with van der Waals surface area (Å²) in [5.74, 6) is -0.663. The number of hydrogen-bond donors (Lipinski definition) is 2. The number of sulfonamides is 1. The average molecular weight is 509 g/mol. The van der Waals surface area contributed by atoms with E-state index in [4.69, 9.17) is 4.74 Å². The molecule has 1 unspecified atom stereocenters. The molecule has 0 spiro atoms. The predicted octanol–water partition coefficient (Wildman–Crippen LogP) is 4.05. The van der Waals surface area contributed by atoms with Crippen molar-refractivity contribution in [2.75, 3.05) is 26.7 Å². The van der Waals surface area contributed by atoms with E-state index in [9.17, 15) is 18.3 Å². The molecule has 0 radical (unpaired) electrons. The van der Waals surface area contributed by atoms with Crippen LogP contribution in [0.5, 0.6) is 5.75 Å². The van der Waals surface area contributed by atoms with Gasteiger partial charge < -0.3 is 14.7 Å². The zero-order chi connectivity index (χ0) is 25.5. The first-order chi connectivity index (χ1) is 17.4. The second-order valence-corrected chi connectivity index (χ2v) is 10.8. The lowest BCUT2D eigenvalue weighted by Crippen LogP contribution is -2.49. The summed E-state index contributed by atoms with van der Waals surface area (Å²) in [5.41, 5.74) is 3.05. The monoisotopic (exact) mass is 508 g/mol. The van der Waals surface area contributed by atoms with Crippen molar-refractivity contribution in [3.05, 3.63) is 84.4 Å². The highest BCUT2D eigenvalue weighted by Crippen LogP contribution is 2.26. The van der Waals surface area contributed by atoms with Gasteiger partial charge in [0.05, 0.1) is 12.0 Å². The van der Waals surface area contributed by atoms with E-state index in [-0.39, 0.29) is 10.8 Å². The van der Waals surface area contributed by atoms with Gasteiger partial charge in [-0.1, -0.05) is 54.6 Å². The molecule has 2 N–H and O–H groups in total. The molecule has 3 aromatic rings. The van der Waals surface area contributed by atoms with Crippen molar-refractivity contribution in [2.24, 2.45) is 5.92 Å². The molecule has 1 atom stereocenters. The van der Waals surface area contributed by atoms with Crippen LogP contribution >= 0.6 is 0 Å². The highest BCUT2D eigenvalue weighted by molar-refractivity contribution is 7.89. The van der Waals surface area contributed by atoms with Crippen molar-refractivity contribution in [2.45, 2.75) is 30.2 Å². The number of carboxylic acid groups (broad SMARTS) is 1. The third-order valence-corrected chi connectivity index (χ3v) is 8.26. The van der Waals surface area contributed by atoms with Crippen molar-refractivity contribution < 1.29 is 23.1 Å². The Kier molecular flexibility index (Phi) is 8.40. The third-order valence-electron chi connectivity index (χ3n) is 6.80. The number of rotatable bonds is 10. The summed E-state index contributed by atoms with van der Waals surface area (Å²) < 4.78 is 33.7. The van der Waals surface area contributed by atoms with Crippen LogP contribution in [0.15, 0.2) is 83.8 Å². The van der Waals surface area contributed by atoms with Crippen LogP contribution in [0.4, 0.5) is 0 Å². The van der Waals surface area contributed by atoms with Gasteiger partial charge in [-0.25, -0.2) is 8.42 Å². The van der Waals surface area contributed by atoms with Gasteiger partial charge in [-0.15, -0.1) is 0 Å². The van der Waals surface area contributed by atoms with Crippen molar-refractivity contribution in [1.82, 2.24) is 9.62 Å². The Morgan fingerprint density at radius 1 is 0.972 bits per heavy atom. The molecule has 190 valence electrons. The number of piperidine rings is 1. The Hall–Kier alpha value is -3.20. The Bertz CT molecular complexity index is 1240. The number of likely N-dealkylation sites (tertiary alicyclic amines) is 1.